The molecule has 0 aliphatic rings. The number of carboxylic acids is 1. The first-order valence-electron chi connectivity index (χ1n) is 6.21. The van der Waals surface area contributed by atoms with Crippen molar-refractivity contribution in [3.8, 4) is 0 Å². The standard InChI is InChI=1S/C13H21N3O2/c1-8(2)10(9(3)4)5-15-12-7-14-11(6-16-12)13(17)18/h6-10H,5H2,1-4H3,(H,15,16)(H,17,18). The molecule has 5 heteroatoms. The van der Waals surface area contributed by atoms with Gasteiger partial charge in [-0.25, -0.2) is 14.8 Å². The van der Waals surface area contributed by atoms with E-state index >= 15 is 0 Å². The van der Waals surface area contributed by atoms with Gasteiger partial charge >= 0.3 is 5.97 Å². The average molecular weight is 251 g/mol. The number of nitrogens with zero attached hydrogens (tertiary/aromatic N) is 2. The lowest BCUT2D eigenvalue weighted by Crippen LogP contribution is -2.25. The van der Waals surface area contributed by atoms with E-state index in [1.807, 2.05) is 0 Å². The van der Waals surface area contributed by atoms with Crippen LogP contribution in [-0.4, -0.2) is 27.6 Å². The van der Waals surface area contributed by atoms with Crippen molar-refractivity contribution < 1.29 is 9.90 Å². The lowest BCUT2D eigenvalue weighted by atomic mass is 9.85. The van der Waals surface area contributed by atoms with Crippen LogP contribution < -0.4 is 5.32 Å². The molecule has 0 aromatic carbocycles. The Kier molecular flexibility index (Phi) is 5.07. The molecule has 0 aliphatic carbocycles. The molecule has 100 valence electrons. The average Bonchev–Trinajstić information content (AvgIpc) is 2.28. The minimum atomic E-state index is -1.06. The Morgan fingerprint density at radius 3 is 2.22 bits per heavy atom. The predicted octanol–water partition coefficient (Wildman–Crippen LogP) is 2.51. The summed E-state index contributed by atoms with van der Waals surface area (Å²) in [7, 11) is 0. The summed E-state index contributed by atoms with van der Waals surface area (Å²) in [6.45, 7) is 9.62. The van der Waals surface area contributed by atoms with Crippen LogP contribution in [0.25, 0.3) is 0 Å². The number of rotatable bonds is 6. The maximum atomic E-state index is 10.6. The summed E-state index contributed by atoms with van der Waals surface area (Å²) in [4.78, 5) is 18.5. The molecule has 1 aromatic rings. The van der Waals surface area contributed by atoms with E-state index in [4.69, 9.17) is 5.11 Å². The second-order valence-electron chi connectivity index (χ2n) is 5.12. The van der Waals surface area contributed by atoms with Crippen molar-refractivity contribution in [3.63, 3.8) is 0 Å². The Labute approximate surface area is 108 Å². The molecule has 0 saturated heterocycles. The summed E-state index contributed by atoms with van der Waals surface area (Å²) in [5.74, 6) is 1.28. The zero-order chi connectivity index (χ0) is 13.7. The first-order valence-corrected chi connectivity index (χ1v) is 6.21. The Morgan fingerprint density at radius 1 is 1.22 bits per heavy atom. The fraction of sp³-hybridized carbons (Fsp3) is 0.615. The van der Waals surface area contributed by atoms with Gasteiger partial charge in [0.15, 0.2) is 5.69 Å². The Hall–Kier alpha value is -1.65. The highest BCUT2D eigenvalue weighted by Gasteiger charge is 2.17. The molecule has 0 saturated carbocycles. The number of anilines is 1. The summed E-state index contributed by atoms with van der Waals surface area (Å²) in [6.07, 6.45) is 2.73. The maximum Gasteiger partial charge on any atom is 0.356 e. The Bertz CT molecular complexity index is 380. The van der Waals surface area contributed by atoms with Gasteiger partial charge in [-0.1, -0.05) is 27.7 Å². The van der Waals surface area contributed by atoms with Gasteiger partial charge in [-0.15, -0.1) is 0 Å². The molecule has 0 spiro atoms. The lowest BCUT2D eigenvalue weighted by Gasteiger charge is -2.25. The molecule has 0 amide bonds. The molecular weight excluding hydrogens is 230 g/mol. The second kappa shape index (κ2) is 6.33. The topological polar surface area (TPSA) is 75.1 Å². The summed E-state index contributed by atoms with van der Waals surface area (Å²) in [6, 6.07) is 0. The third kappa shape index (κ3) is 3.98. The van der Waals surface area contributed by atoms with Crippen LogP contribution in [-0.2, 0) is 0 Å². The first-order chi connectivity index (χ1) is 8.41. The van der Waals surface area contributed by atoms with Gasteiger partial charge in [-0.2, -0.15) is 0 Å². The number of hydrogen-bond donors (Lipinski definition) is 2. The van der Waals surface area contributed by atoms with Gasteiger partial charge < -0.3 is 10.4 Å². The van der Waals surface area contributed by atoms with E-state index in [0.29, 0.717) is 23.6 Å². The molecule has 0 unspecified atom stereocenters. The van der Waals surface area contributed by atoms with Crippen molar-refractivity contribution >= 4 is 11.8 Å². The largest absolute Gasteiger partial charge is 0.476 e. The summed E-state index contributed by atoms with van der Waals surface area (Å²) >= 11 is 0. The van der Waals surface area contributed by atoms with Crippen LogP contribution in [0.5, 0.6) is 0 Å². The molecule has 0 aliphatic heterocycles. The lowest BCUT2D eigenvalue weighted by molar-refractivity contribution is 0.0690. The van der Waals surface area contributed by atoms with Crippen molar-refractivity contribution in [2.45, 2.75) is 27.7 Å². The molecular formula is C13H21N3O2. The maximum absolute atomic E-state index is 10.6. The highest BCUT2D eigenvalue weighted by atomic mass is 16.4. The van der Waals surface area contributed by atoms with Crippen LogP contribution in [0.2, 0.25) is 0 Å². The monoisotopic (exact) mass is 251 g/mol. The van der Waals surface area contributed by atoms with Crippen LogP contribution in [0, 0.1) is 17.8 Å². The molecule has 18 heavy (non-hydrogen) atoms. The number of carbonyl (C=O) groups is 1. The number of hydrogen-bond acceptors (Lipinski definition) is 4. The van der Waals surface area contributed by atoms with Crippen LogP contribution in [0.4, 0.5) is 5.82 Å². The van der Waals surface area contributed by atoms with E-state index in [9.17, 15) is 4.79 Å². The summed E-state index contributed by atoms with van der Waals surface area (Å²) in [5.41, 5.74) is -0.0372. The predicted molar refractivity (Wildman–Crippen MR) is 70.6 cm³/mol. The fourth-order valence-electron chi connectivity index (χ4n) is 1.99. The molecule has 1 aromatic heterocycles. The number of carboxylic acid groups (broad SMARTS) is 1. The first kappa shape index (κ1) is 14.4. The van der Waals surface area contributed by atoms with Crippen LogP contribution in [0.3, 0.4) is 0 Å². The number of aromatic nitrogens is 2. The van der Waals surface area contributed by atoms with E-state index in [1.165, 1.54) is 12.4 Å². The normalized spacial score (nSPS) is 11.3. The quantitative estimate of drug-likeness (QED) is 0.812. The molecule has 1 heterocycles. The minimum absolute atomic E-state index is 0.0372. The van der Waals surface area contributed by atoms with E-state index in [2.05, 4.69) is 43.0 Å². The van der Waals surface area contributed by atoms with Crippen molar-refractivity contribution in [3.05, 3.63) is 18.1 Å². The summed E-state index contributed by atoms with van der Waals surface area (Å²) in [5, 5.41) is 11.9. The molecule has 0 bridgehead atoms. The van der Waals surface area contributed by atoms with Crippen molar-refractivity contribution in [1.82, 2.24) is 9.97 Å². The van der Waals surface area contributed by atoms with Gasteiger partial charge in [0.2, 0.25) is 0 Å². The van der Waals surface area contributed by atoms with Crippen LogP contribution in [0.1, 0.15) is 38.2 Å². The van der Waals surface area contributed by atoms with E-state index in [-0.39, 0.29) is 5.69 Å². The SMILES string of the molecule is CC(C)C(CNc1cnc(C(=O)O)cn1)C(C)C. The highest BCUT2D eigenvalue weighted by molar-refractivity contribution is 5.84. The van der Waals surface area contributed by atoms with Gasteiger partial charge in [0.05, 0.1) is 12.4 Å². The van der Waals surface area contributed by atoms with Crippen LogP contribution >= 0.6 is 0 Å². The van der Waals surface area contributed by atoms with Gasteiger partial charge in [-0.3, -0.25) is 0 Å². The zero-order valence-electron chi connectivity index (χ0n) is 11.3. The van der Waals surface area contributed by atoms with E-state index in [1.54, 1.807) is 0 Å². The number of aromatic carboxylic acids is 1. The molecule has 0 radical (unpaired) electrons. The minimum Gasteiger partial charge on any atom is -0.476 e. The van der Waals surface area contributed by atoms with Gasteiger partial charge in [0, 0.05) is 6.54 Å². The number of nitrogens with one attached hydrogen (secondary N) is 1. The second-order valence-corrected chi connectivity index (χ2v) is 5.12. The van der Waals surface area contributed by atoms with E-state index in [0.717, 1.165) is 6.54 Å². The van der Waals surface area contributed by atoms with Gasteiger partial charge in [-0.05, 0) is 17.8 Å². The van der Waals surface area contributed by atoms with E-state index < -0.39 is 5.97 Å². The molecule has 0 atom stereocenters. The summed E-state index contributed by atoms with van der Waals surface area (Å²) < 4.78 is 0. The van der Waals surface area contributed by atoms with Crippen LogP contribution in [0.15, 0.2) is 12.4 Å². The third-order valence-electron chi connectivity index (χ3n) is 3.10. The third-order valence-corrected chi connectivity index (χ3v) is 3.10. The van der Waals surface area contributed by atoms with Crippen molar-refractivity contribution in [2.24, 2.45) is 17.8 Å². The molecule has 1 rings (SSSR count). The van der Waals surface area contributed by atoms with Crippen molar-refractivity contribution in [2.75, 3.05) is 11.9 Å². The van der Waals surface area contributed by atoms with Crippen molar-refractivity contribution in [1.29, 1.82) is 0 Å². The van der Waals surface area contributed by atoms with Gasteiger partial charge in [0.25, 0.3) is 0 Å². The molecule has 2 N–H and O–H groups in total. The fourth-order valence-corrected chi connectivity index (χ4v) is 1.99. The smallest absolute Gasteiger partial charge is 0.356 e. The highest BCUT2D eigenvalue weighted by Crippen LogP contribution is 2.20. The molecule has 0 fully saturated rings. The molecule has 5 nitrogen and oxygen atoms in total. The zero-order valence-corrected chi connectivity index (χ0v) is 11.3. The Balaban J connectivity index is 2.60. The van der Waals surface area contributed by atoms with Gasteiger partial charge in [0.1, 0.15) is 5.82 Å². The Morgan fingerprint density at radius 2 is 1.83 bits per heavy atom.